The first-order chi connectivity index (χ1) is 34.2. The van der Waals surface area contributed by atoms with Crippen LogP contribution in [0, 0.1) is 18.2 Å². The molecule has 3 heterocycles. The maximum atomic E-state index is 5.81. The van der Waals surface area contributed by atoms with E-state index in [9.17, 15) is 0 Å². The minimum Gasteiger partial charge on any atom is -0.502 e. The van der Waals surface area contributed by atoms with Crippen molar-refractivity contribution in [2.45, 2.75) is 0 Å². The van der Waals surface area contributed by atoms with Crippen LogP contribution in [0.25, 0.3) is 66.1 Å². The fraction of sp³-hybridized carbons (Fsp3) is 0. The Morgan fingerprint density at radius 3 is 0.800 bits per heavy atom. The number of pyridine rings is 3. The molecule has 0 aliphatic carbocycles. The van der Waals surface area contributed by atoms with E-state index < -0.39 is 0 Å². The van der Waals surface area contributed by atoms with Crippen molar-refractivity contribution < 1.29 is 34.3 Å². The molecule has 0 radical (unpaired) electrons. The number of benzene rings is 9. The van der Waals surface area contributed by atoms with Crippen molar-refractivity contribution in [3.8, 4) is 68.3 Å². The second kappa shape index (κ2) is 22.8. The van der Waals surface area contributed by atoms with Gasteiger partial charge in [0.25, 0.3) is 0 Å². The molecule has 7 heteroatoms. The van der Waals surface area contributed by atoms with Crippen LogP contribution in [-0.4, -0.2) is 15.0 Å². The summed E-state index contributed by atoms with van der Waals surface area (Å²) in [4.78, 5) is 13.6. The third-order valence-corrected chi connectivity index (χ3v) is 11.1. The molecule has 0 spiro atoms. The van der Waals surface area contributed by atoms with E-state index in [1.807, 2.05) is 219 Å². The number of nitrogens with zero attached hydrogens (tertiary/aromatic N) is 3. The summed E-state index contributed by atoms with van der Waals surface area (Å²) in [7, 11) is 0. The third kappa shape index (κ3) is 11.5. The quantitative estimate of drug-likeness (QED) is 0.134. The van der Waals surface area contributed by atoms with E-state index in [-0.39, 0.29) is 20.1 Å². The topological polar surface area (TPSA) is 66.4 Å². The first kappa shape index (κ1) is 46.4. The molecule has 0 saturated heterocycles. The molecule has 12 aromatic rings. The summed E-state index contributed by atoms with van der Waals surface area (Å²) in [6.45, 7) is 0. The second-order valence-corrected chi connectivity index (χ2v) is 15.7. The fourth-order valence-electron chi connectivity index (χ4n) is 7.74. The molecule has 0 amide bonds. The number of hydrogen-bond donors (Lipinski definition) is 0. The van der Waals surface area contributed by atoms with Gasteiger partial charge in [-0.1, -0.05) is 127 Å². The Morgan fingerprint density at radius 2 is 0.529 bits per heavy atom. The average molecular weight is 1080 g/mol. The molecule has 9 aromatic carbocycles. The summed E-state index contributed by atoms with van der Waals surface area (Å²) in [6.07, 6.45) is 5.50. The van der Waals surface area contributed by atoms with Gasteiger partial charge in [-0.15, -0.1) is 89.5 Å². The van der Waals surface area contributed by atoms with E-state index in [1.165, 1.54) is 16.2 Å². The van der Waals surface area contributed by atoms with E-state index >= 15 is 0 Å². The molecule has 336 valence electrons. The van der Waals surface area contributed by atoms with Crippen LogP contribution in [0.3, 0.4) is 0 Å². The van der Waals surface area contributed by atoms with Crippen LogP contribution >= 0.6 is 0 Å². The van der Waals surface area contributed by atoms with Gasteiger partial charge in [-0.3, -0.25) is 0 Å². The summed E-state index contributed by atoms with van der Waals surface area (Å²) in [5.41, 5.74) is 5.70. The number of aromatic nitrogens is 3. The van der Waals surface area contributed by atoms with Crippen molar-refractivity contribution in [2.75, 3.05) is 0 Å². The Hall–Kier alpha value is -8.74. The van der Waals surface area contributed by atoms with Gasteiger partial charge in [0, 0.05) is 35.8 Å². The van der Waals surface area contributed by atoms with Crippen LogP contribution < -0.4 is 14.2 Å². The van der Waals surface area contributed by atoms with Crippen molar-refractivity contribution >= 4 is 32.3 Å². The first-order valence-corrected chi connectivity index (χ1v) is 22.5. The number of para-hydroxylation sites is 3. The van der Waals surface area contributed by atoms with Crippen molar-refractivity contribution in [1.82, 2.24) is 15.0 Å². The summed E-state index contributed by atoms with van der Waals surface area (Å²) in [5, 5.41) is 6.91. The summed E-state index contributed by atoms with van der Waals surface area (Å²) in [5.74, 6) is 4.74. The van der Waals surface area contributed by atoms with Crippen molar-refractivity contribution in [2.24, 2.45) is 0 Å². The van der Waals surface area contributed by atoms with Crippen molar-refractivity contribution in [3.05, 3.63) is 273 Å². The minimum absolute atomic E-state index is 0. The van der Waals surface area contributed by atoms with Gasteiger partial charge in [-0.2, -0.15) is 0 Å². The van der Waals surface area contributed by atoms with Gasteiger partial charge in [-0.05, 0) is 104 Å². The van der Waals surface area contributed by atoms with Gasteiger partial charge in [0.05, 0.1) is 0 Å². The molecule has 0 aliphatic heterocycles. The number of ether oxygens (including phenoxy) is 3. The van der Waals surface area contributed by atoms with Crippen molar-refractivity contribution in [3.63, 3.8) is 0 Å². The number of rotatable bonds is 9. The van der Waals surface area contributed by atoms with Crippen LogP contribution in [0.15, 0.2) is 255 Å². The Morgan fingerprint density at radius 1 is 0.257 bits per heavy atom. The summed E-state index contributed by atoms with van der Waals surface area (Å²) < 4.78 is 17.4. The summed E-state index contributed by atoms with van der Waals surface area (Å²) in [6, 6.07) is 87.2. The predicted octanol–water partition coefficient (Wildman–Crippen LogP) is 16.5. The largest absolute Gasteiger partial charge is 3.00 e. The molecular weight excluding hydrogens is 1040 g/mol. The first-order valence-electron chi connectivity index (χ1n) is 22.5. The minimum atomic E-state index is 0. The molecule has 0 N–H and O–H groups in total. The molecule has 0 atom stereocenters. The Balaban J connectivity index is 0.000000129. The second-order valence-electron chi connectivity index (χ2n) is 15.7. The molecule has 0 fully saturated rings. The normalized spacial score (nSPS) is 10.5. The van der Waals surface area contributed by atoms with Crippen molar-refractivity contribution in [1.29, 1.82) is 0 Å². The van der Waals surface area contributed by atoms with Crippen LogP contribution in [-0.2, 0) is 20.1 Å². The molecule has 6 nitrogen and oxygen atoms in total. The van der Waals surface area contributed by atoms with E-state index in [4.69, 9.17) is 14.2 Å². The smallest absolute Gasteiger partial charge is 0.502 e. The Labute approximate surface area is 420 Å². The predicted molar refractivity (Wildman–Crippen MR) is 278 cm³/mol. The van der Waals surface area contributed by atoms with Crippen LogP contribution in [0.4, 0.5) is 0 Å². The molecule has 0 aliphatic rings. The van der Waals surface area contributed by atoms with Gasteiger partial charge < -0.3 is 29.2 Å². The van der Waals surface area contributed by atoms with E-state index in [1.54, 1.807) is 0 Å². The van der Waals surface area contributed by atoms with Crippen LogP contribution in [0.5, 0.6) is 34.5 Å². The van der Waals surface area contributed by atoms with Gasteiger partial charge in [0.2, 0.25) is 0 Å². The van der Waals surface area contributed by atoms with Gasteiger partial charge >= 0.3 is 20.1 Å². The molecule has 0 unspecified atom stereocenters. The zero-order valence-electron chi connectivity index (χ0n) is 37.6. The van der Waals surface area contributed by atoms with E-state index in [2.05, 4.69) is 69.5 Å². The maximum absolute atomic E-state index is 5.81. The third-order valence-electron chi connectivity index (χ3n) is 11.1. The zero-order chi connectivity index (χ0) is 46.5. The fourth-order valence-corrected chi connectivity index (χ4v) is 7.74. The van der Waals surface area contributed by atoms with Gasteiger partial charge in [-0.25, -0.2) is 0 Å². The molecule has 0 bridgehead atoms. The maximum Gasteiger partial charge on any atom is 3.00 e. The standard InChI is InChI=1S/3C21H14NO.Ir/c3*1-2-7-18(8-3-1)23-19-12-10-17(11-13-19)21-20-9-5-4-6-16(20)14-15-22-21;/h3*1-10,12-15H;/q3*-1;+3. The molecule has 3 aromatic heterocycles. The monoisotopic (exact) mass is 1080 g/mol. The van der Waals surface area contributed by atoms with E-state index in [0.717, 1.165) is 84.4 Å². The van der Waals surface area contributed by atoms with Crippen LogP contribution in [0.1, 0.15) is 0 Å². The molecule has 12 rings (SSSR count). The van der Waals surface area contributed by atoms with Crippen LogP contribution in [0.2, 0.25) is 0 Å². The van der Waals surface area contributed by atoms with Gasteiger partial charge in [0.15, 0.2) is 0 Å². The zero-order valence-corrected chi connectivity index (χ0v) is 40.0. The average Bonchev–Trinajstić information content (AvgIpc) is 3.42. The Bertz CT molecular complexity index is 3160. The number of fused-ring (bicyclic) bond motifs is 3. The molecule has 70 heavy (non-hydrogen) atoms. The molecular formula is C63H42IrN3O3. The Kier molecular flexibility index (Phi) is 15.1. The van der Waals surface area contributed by atoms with Gasteiger partial charge in [0.1, 0.15) is 17.2 Å². The SMILES string of the molecule is [Ir+3].[c-]1cc(Oc2ccccc2)ccc1-c1nccc2ccccc12.[c-]1cc(Oc2ccccc2)ccc1-c1nccc2ccccc12.[c-]1cc(Oc2ccccc2)ccc1-c1nccc2ccccc12. The molecule has 0 saturated carbocycles. The van der Waals surface area contributed by atoms with E-state index in [0.29, 0.717) is 0 Å². The summed E-state index contributed by atoms with van der Waals surface area (Å²) >= 11 is 0. The number of hydrogen-bond acceptors (Lipinski definition) is 6.